The van der Waals surface area contributed by atoms with Gasteiger partial charge in [-0.25, -0.2) is 0 Å². The molecule has 1 heterocycles. The van der Waals surface area contributed by atoms with E-state index in [4.69, 9.17) is 4.74 Å². The number of benzene rings is 2. The molecule has 212 valence electrons. The number of carbonyl (C=O) groups is 1. The number of aryl methyl sites for hydroxylation is 1. The molecule has 2 aromatic carbocycles. The average Bonchev–Trinajstić information content (AvgIpc) is 3.31. The summed E-state index contributed by atoms with van der Waals surface area (Å²) in [6, 6.07) is 14.0. The number of rotatable bonds is 16. The van der Waals surface area contributed by atoms with E-state index < -0.39 is 0 Å². The number of ether oxygens (including phenoxy) is 1. The Bertz CT molecular complexity index is 1160. The van der Waals surface area contributed by atoms with Crippen molar-refractivity contribution in [3.63, 3.8) is 0 Å². The molecule has 0 unspecified atom stereocenters. The summed E-state index contributed by atoms with van der Waals surface area (Å²) < 4.78 is 8.45. The van der Waals surface area contributed by atoms with Crippen molar-refractivity contribution in [1.82, 2.24) is 0 Å². The van der Waals surface area contributed by atoms with Crippen LogP contribution in [0.15, 0.2) is 54.2 Å². The Morgan fingerprint density at radius 2 is 1.62 bits per heavy atom. The molecule has 5 heteroatoms. The van der Waals surface area contributed by atoms with Crippen LogP contribution < -0.4 is 14.6 Å². The highest BCUT2D eigenvalue weighted by molar-refractivity contribution is 7.09. The lowest BCUT2D eigenvalue weighted by Gasteiger charge is -2.23. The van der Waals surface area contributed by atoms with Crippen LogP contribution in [-0.2, 0) is 12.0 Å². The highest BCUT2D eigenvalue weighted by atomic mass is 32.1. The first-order chi connectivity index (χ1) is 18.8. The van der Waals surface area contributed by atoms with Crippen LogP contribution in [-0.4, -0.2) is 12.5 Å². The quantitative estimate of drug-likeness (QED) is 0.143. The van der Waals surface area contributed by atoms with E-state index in [-0.39, 0.29) is 11.3 Å². The molecule has 39 heavy (non-hydrogen) atoms. The van der Waals surface area contributed by atoms with Crippen LogP contribution in [0.1, 0.15) is 118 Å². The second-order valence-corrected chi connectivity index (χ2v) is 12.9. The summed E-state index contributed by atoms with van der Waals surface area (Å²) in [6.07, 6.45) is 15.2. The smallest absolute Gasteiger partial charge is 0.255 e. The zero-order valence-electron chi connectivity index (χ0n) is 24.9. The van der Waals surface area contributed by atoms with E-state index in [1.807, 2.05) is 30.3 Å². The van der Waals surface area contributed by atoms with Gasteiger partial charge in [-0.15, -0.1) is 0 Å². The lowest BCUT2D eigenvalue weighted by atomic mass is 9.85. The molecule has 4 nitrogen and oxygen atoms in total. The molecule has 0 atom stereocenters. The lowest BCUT2D eigenvalue weighted by molar-refractivity contribution is -0.683. The van der Waals surface area contributed by atoms with E-state index in [2.05, 4.69) is 68.3 Å². The second kappa shape index (κ2) is 15.8. The molecule has 0 aliphatic carbocycles. The van der Waals surface area contributed by atoms with Gasteiger partial charge in [0.25, 0.3) is 5.91 Å². The Hall–Kier alpha value is -2.66. The number of aromatic nitrogens is 1. The molecular formula is C34H49N2O2S+. The first kappa shape index (κ1) is 30.9. The number of amides is 1. The lowest BCUT2D eigenvalue weighted by Crippen LogP contribution is -2.30. The Kier molecular flexibility index (Phi) is 12.5. The first-order valence-electron chi connectivity index (χ1n) is 14.9. The monoisotopic (exact) mass is 549 g/mol. The molecular weight excluding hydrogens is 500 g/mol. The predicted molar refractivity (Wildman–Crippen MR) is 165 cm³/mol. The van der Waals surface area contributed by atoms with Gasteiger partial charge in [0.05, 0.1) is 11.5 Å². The summed E-state index contributed by atoms with van der Waals surface area (Å²) in [5, 5.41) is 3.09. The number of thiazole rings is 1. The van der Waals surface area contributed by atoms with Crippen LogP contribution in [0.5, 0.6) is 5.75 Å². The third-order valence-electron chi connectivity index (χ3n) is 7.08. The molecule has 0 saturated heterocycles. The maximum Gasteiger partial charge on any atom is 0.255 e. The topological polar surface area (TPSA) is 42.2 Å². The molecule has 1 N–H and O–H groups in total. The third-order valence-corrected chi connectivity index (χ3v) is 7.93. The van der Waals surface area contributed by atoms with Crippen molar-refractivity contribution < 1.29 is 14.1 Å². The van der Waals surface area contributed by atoms with E-state index in [0.29, 0.717) is 12.2 Å². The van der Waals surface area contributed by atoms with Crippen molar-refractivity contribution in [2.45, 2.75) is 111 Å². The highest BCUT2D eigenvalue weighted by Crippen LogP contribution is 2.32. The van der Waals surface area contributed by atoms with Gasteiger partial charge in [0.1, 0.15) is 5.75 Å². The number of nitrogens with zero attached hydrogens (tertiary/aromatic N) is 1. The minimum Gasteiger partial charge on any atom is -0.493 e. The van der Waals surface area contributed by atoms with Gasteiger partial charge in [0.15, 0.2) is 12.7 Å². The zero-order chi connectivity index (χ0) is 28.1. The maximum absolute atomic E-state index is 13.2. The number of hydrogen-bond acceptors (Lipinski definition) is 3. The van der Waals surface area contributed by atoms with Crippen LogP contribution in [0.4, 0.5) is 5.69 Å². The number of unbranched alkanes of at least 4 members (excludes halogenated alkanes) is 9. The summed E-state index contributed by atoms with van der Waals surface area (Å²) in [4.78, 5) is 14.5. The number of anilines is 1. The van der Waals surface area contributed by atoms with Crippen LogP contribution in [0.3, 0.4) is 0 Å². The fourth-order valence-electron chi connectivity index (χ4n) is 4.86. The van der Waals surface area contributed by atoms with Gasteiger partial charge < -0.3 is 10.1 Å². The van der Waals surface area contributed by atoms with Gasteiger partial charge in [-0.3, -0.25) is 4.79 Å². The van der Waals surface area contributed by atoms with E-state index in [1.54, 1.807) is 11.3 Å². The zero-order valence-corrected chi connectivity index (χ0v) is 25.7. The van der Waals surface area contributed by atoms with Gasteiger partial charge in [-0.05, 0) is 48.6 Å². The van der Waals surface area contributed by atoms with E-state index in [1.165, 1.54) is 62.7 Å². The Morgan fingerprint density at radius 3 is 2.26 bits per heavy atom. The fraction of sp³-hybridized carbons (Fsp3) is 0.529. The molecule has 0 spiro atoms. The van der Waals surface area contributed by atoms with Crippen LogP contribution in [0.2, 0.25) is 0 Å². The summed E-state index contributed by atoms with van der Waals surface area (Å²) in [6.45, 7) is 12.4. The molecule has 0 fully saturated rings. The fourth-order valence-corrected chi connectivity index (χ4v) is 5.50. The largest absolute Gasteiger partial charge is 0.493 e. The Labute approximate surface area is 240 Å². The molecule has 3 aromatic rings. The van der Waals surface area contributed by atoms with Crippen molar-refractivity contribution in [2.75, 3.05) is 11.9 Å². The van der Waals surface area contributed by atoms with Gasteiger partial charge in [-0.1, -0.05) is 115 Å². The molecule has 0 bridgehead atoms. The molecule has 1 aromatic heterocycles. The second-order valence-electron chi connectivity index (χ2n) is 11.8. The van der Waals surface area contributed by atoms with Crippen molar-refractivity contribution in [3.05, 3.63) is 75.7 Å². The minimum absolute atomic E-state index is 0.0614. The SMILES string of the molecule is CCCCCCCCCCCCOc1cc(C(=O)Nc2cccc(C[n+]3csc(C)c3)c2)ccc1C(C)(C)C. The van der Waals surface area contributed by atoms with Crippen LogP contribution >= 0.6 is 11.3 Å². The number of hydrogen-bond donors (Lipinski definition) is 1. The molecule has 1 amide bonds. The van der Waals surface area contributed by atoms with E-state index in [0.717, 1.165) is 35.5 Å². The maximum atomic E-state index is 13.2. The third kappa shape index (κ3) is 10.8. The summed E-state index contributed by atoms with van der Waals surface area (Å²) in [5.41, 5.74) is 5.77. The van der Waals surface area contributed by atoms with Crippen molar-refractivity contribution in [1.29, 1.82) is 0 Å². The van der Waals surface area contributed by atoms with Crippen molar-refractivity contribution in [3.8, 4) is 5.75 Å². The first-order valence-corrected chi connectivity index (χ1v) is 15.8. The average molecular weight is 550 g/mol. The highest BCUT2D eigenvalue weighted by Gasteiger charge is 2.21. The van der Waals surface area contributed by atoms with Gasteiger partial charge in [0, 0.05) is 16.8 Å². The molecule has 0 saturated carbocycles. The molecule has 3 rings (SSSR count). The number of nitrogens with one attached hydrogen (secondary N) is 1. The standard InChI is InChI=1S/C34H48N2O2S/c1-6-7-8-9-10-11-12-13-14-15-21-38-32-23-29(19-20-31(32)34(3,4)5)33(37)35-30-18-16-17-28(22-30)25-36-24-27(2)39-26-36/h16-20,22-24,26H,6-15,21,25H2,1-5H3/p+1. The molecule has 0 aliphatic rings. The molecule has 0 radical (unpaired) electrons. The summed E-state index contributed by atoms with van der Waals surface area (Å²) in [7, 11) is 0. The van der Waals surface area contributed by atoms with Crippen LogP contribution in [0.25, 0.3) is 0 Å². The normalized spacial score (nSPS) is 11.5. The van der Waals surface area contributed by atoms with Gasteiger partial charge >= 0.3 is 0 Å². The Balaban J connectivity index is 1.53. The summed E-state index contributed by atoms with van der Waals surface area (Å²) in [5.74, 6) is 0.708. The van der Waals surface area contributed by atoms with Gasteiger partial charge in [0.2, 0.25) is 5.51 Å². The van der Waals surface area contributed by atoms with Gasteiger partial charge in [-0.2, -0.15) is 4.57 Å². The van der Waals surface area contributed by atoms with Crippen molar-refractivity contribution >= 4 is 22.9 Å². The van der Waals surface area contributed by atoms with Crippen LogP contribution in [0, 0.1) is 6.92 Å². The summed E-state index contributed by atoms with van der Waals surface area (Å²) >= 11 is 1.73. The minimum atomic E-state index is -0.115. The number of carbonyl (C=O) groups excluding carboxylic acids is 1. The van der Waals surface area contributed by atoms with Crippen molar-refractivity contribution in [2.24, 2.45) is 0 Å². The Morgan fingerprint density at radius 1 is 0.923 bits per heavy atom. The predicted octanol–water partition coefficient (Wildman–Crippen LogP) is 9.24. The van der Waals surface area contributed by atoms with E-state index >= 15 is 0 Å². The van der Waals surface area contributed by atoms with E-state index in [9.17, 15) is 4.79 Å². The molecule has 0 aliphatic heterocycles.